The van der Waals surface area contributed by atoms with Crippen molar-refractivity contribution < 1.29 is 9.59 Å². The number of Topliss-reactive ketones (excluding diaryl/α,β-unsaturated/α-hetero) is 1. The Labute approximate surface area is 186 Å². The topological polar surface area (TPSA) is 34.1 Å². The van der Waals surface area contributed by atoms with Gasteiger partial charge in [-0.25, -0.2) is 0 Å². The van der Waals surface area contributed by atoms with Gasteiger partial charge in [-0.3, -0.25) is 9.59 Å². The van der Waals surface area contributed by atoms with Crippen LogP contribution >= 0.6 is 0 Å². The van der Waals surface area contributed by atoms with Crippen LogP contribution in [0.5, 0.6) is 0 Å². The van der Waals surface area contributed by atoms with E-state index in [1.807, 2.05) is 97.1 Å². The molecular weight excluding hydrogens is 392 g/mol. The van der Waals surface area contributed by atoms with Gasteiger partial charge in [-0.05, 0) is 23.3 Å². The molecule has 0 amide bonds. The highest BCUT2D eigenvalue weighted by Gasteiger charge is 2.30. The van der Waals surface area contributed by atoms with Crippen molar-refractivity contribution in [3.63, 3.8) is 0 Å². The highest BCUT2D eigenvalue weighted by Crippen LogP contribution is 2.38. The summed E-state index contributed by atoms with van der Waals surface area (Å²) < 4.78 is 0. The lowest BCUT2D eigenvalue weighted by molar-refractivity contribution is 0.102. The number of allylic oxidation sites excluding steroid dienone is 1. The minimum absolute atomic E-state index is 0.0394. The van der Waals surface area contributed by atoms with Gasteiger partial charge in [0.05, 0.1) is 5.57 Å². The zero-order valence-electron chi connectivity index (χ0n) is 17.2. The Balaban J connectivity index is 1.84. The van der Waals surface area contributed by atoms with Crippen molar-refractivity contribution in [3.8, 4) is 11.8 Å². The maximum absolute atomic E-state index is 13.7. The van der Waals surface area contributed by atoms with E-state index in [0.29, 0.717) is 27.8 Å². The third-order valence-electron chi connectivity index (χ3n) is 5.50. The molecule has 5 rings (SSSR count). The molecule has 0 aromatic heterocycles. The lowest BCUT2D eigenvalue weighted by Crippen LogP contribution is -2.17. The monoisotopic (exact) mass is 410 g/mol. The molecule has 2 heteroatoms. The molecule has 0 bridgehead atoms. The molecule has 0 spiro atoms. The van der Waals surface area contributed by atoms with Crippen molar-refractivity contribution in [2.24, 2.45) is 0 Å². The van der Waals surface area contributed by atoms with Crippen molar-refractivity contribution in [1.29, 1.82) is 0 Å². The first-order valence-electron chi connectivity index (χ1n) is 10.4. The molecule has 150 valence electrons. The molecule has 0 N–H and O–H groups in total. The Morgan fingerprint density at radius 1 is 0.562 bits per heavy atom. The van der Waals surface area contributed by atoms with E-state index in [0.717, 1.165) is 16.7 Å². The number of carbonyl (C=O) groups excluding carboxylic acids is 2. The number of hydrogen-bond donors (Lipinski definition) is 0. The van der Waals surface area contributed by atoms with Gasteiger partial charge >= 0.3 is 0 Å². The van der Waals surface area contributed by atoms with E-state index >= 15 is 0 Å². The predicted molar refractivity (Wildman–Crippen MR) is 126 cm³/mol. The predicted octanol–water partition coefficient (Wildman–Crippen LogP) is 5.97. The second-order valence-electron chi connectivity index (χ2n) is 7.48. The minimum Gasteiger partial charge on any atom is -0.289 e. The fraction of sp³-hybridized carbons (Fsp3) is 0. The third-order valence-corrected chi connectivity index (χ3v) is 5.50. The Kier molecular flexibility index (Phi) is 5.07. The number of fused-ring (bicyclic) bond motifs is 2. The summed E-state index contributed by atoms with van der Waals surface area (Å²) in [5.74, 6) is 6.12. The fourth-order valence-electron chi connectivity index (χ4n) is 3.98. The number of ketones is 2. The molecular formula is C30H18O2. The van der Waals surface area contributed by atoms with E-state index in [2.05, 4.69) is 11.8 Å². The van der Waals surface area contributed by atoms with E-state index in [1.165, 1.54) is 0 Å². The first-order chi connectivity index (χ1) is 15.7. The summed E-state index contributed by atoms with van der Waals surface area (Å²) in [5, 5.41) is 0. The van der Waals surface area contributed by atoms with E-state index in [1.54, 1.807) is 12.1 Å². The van der Waals surface area contributed by atoms with Gasteiger partial charge < -0.3 is 0 Å². The minimum atomic E-state index is -0.164. The Hall–Kier alpha value is -4.48. The van der Waals surface area contributed by atoms with Crippen LogP contribution in [-0.4, -0.2) is 11.6 Å². The van der Waals surface area contributed by atoms with Gasteiger partial charge in [-0.15, -0.1) is 0 Å². The van der Waals surface area contributed by atoms with Crippen LogP contribution in [0.1, 0.15) is 43.0 Å². The molecule has 32 heavy (non-hydrogen) atoms. The molecule has 0 unspecified atom stereocenters. The quantitative estimate of drug-likeness (QED) is 0.204. The Morgan fingerprint density at radius 2 is 1.03 bits per heavy atom. The van der Waals surface area contributed by atoms with Crippen LogP contribution in [0, 0.1) is 11.8 Å². The molecule has 2 nitrogen and oxygen atoms in total. The zero-order chi connectivity index (χ0) is 21.9. The smallest absolute Gasteiger partial charge is 0.202 e. The molecule has 0 heterocycles. The average Bonchev–Trinajstić information content (AvgIpc) is 2.87. The van der Waals surface area contributed by atoms with Crippen molar-refractivity contribution in [2.75, 3.05) is 0 Å². The highest BCUT2D eigenvalue weighted by atomic mass is 16.1. The molecule has 0 atom stereocenters. The van der Waals surface area contributed by atoms with Crippen LogP contribution in [0.15, 0.2) is 115 Å². The van der Waals surface area contributed by atoms with E-state index in [4.69, 9.17) is 0 Å². The largest absolute Gasteiger partial charge is 0.289 e. The summed E-state index contributed by atoms with van der Waals surface area (Å²) >= 11 is 0. The van der Waals surface area contributed by atoms with Gasteiger partial charge in [0.15, 0.2) is 5.78 Å². The summed E-state index contributed by atoms with van der Waals surface area (Å²) in [7, 11) is 0. The number of carbonyl (C=O) groups is 2. The normalized spacial score (nSPS) is 11.6. The molecule has 0 radical (unpaired) electrons. The molecule has 0 saturated carbocycles. The van der Waals surface area contributed by atoms with Gasteiger partial charge in [0.2, 0.25) is 5.78 Å². The first kappa shape index (κ1) is 19.5. The summed E-state index contributed by atoms with van der Waals surface area (Å²) in [6.45, 7) is 0. The second kappa shape index (κ2) is 8.34. The standard InChI is InChI=1S/C30H18O2/c31-29(22-13-5-2-6-14-22)27(20-19-21-11-3-1-4-12-21)28-23-15-7-9-17-25(23)30(32)26-18-10-8-16-24(26)28/h1-18H. The third kappa shape index (κ3) is 3.47. The summed E-state index contributed by atoms with van der Waals surface area (Å²) in [6.07, 6.45) is 0. The van der Waals surface area contributed by atoms with E-state index < -0.39 is 0 Å². The molecule has 0 aliphatic heterocycles. The van der Waals surface area contributed by atoms with Crippen molar-refractivity contribution in [1.82, 2.24) is 0 Å². The maximum atomic E-state index is 13.7. The fourth-order valence-corrected chi connectivity index (χ4v) is 3.98. The SMILES string of the molecule is O=C(C(C#Cc1ccccc1)=C1c2ccccc2C(=O)c2ccccc21)c1ccccc1. The number of rotatable bonds is 2. The van der Waals surface area contributed by atoms with Gasteiger partial charge in [0.25, 0.3) is 0 Å². The van der Waals surface area contributed by atoms with Crippen LogP contribution < -0.4 is 0 Å². The maximum Gasteiger partial charge on any atom is 0.202 e. The Bertz CT molecular complexity index is 1380. The zero-order valence-corrected chi connectivity index (χ0v) is 17.2. The highest BCUT2D eigenvalue weighted by molar-refractivity contribution is 6.24. The average molecular weight is 410 g/mol. The molecule has 1 aliphatic carbocycles. The van der Waals surface area contributed by atoms with Crippen LogP contribution in [-0.2, 0) is 0 Å². The van der Waals surface area contributed by atoms with Gasteiger partial charge in [-0.2, -0.15) is 0 Å². The summed E-state index contributed by atoms with van der Waals surface area (Å²) in [4.78, 5) is 26.9. The number of benzene rings is 4. The summed E-state index contributed by atoms with van der Waals surface area (Å²) in [5.41, 5.74) is 5.10. The second-order valence-corrected chi connectivity index (χ2v) is 7.48. The molecule has 0 fully saturated rings. The molecule has 1 aliphatic rings. The first-order valence-corrected chi connectivity index (χ1v) is 10.4. The molecule has 4 aromatic rings. The van der Waals surface area contributed by atoms with Crippen molar-refractivity contribution in [3.05, 3.63) is 148 Å². The lowest BCUT2D eigenvalue weighted by atomic mass is 9.78. The van der Waals surface area contributed by atoms with Crippen LogP contribution in [0.3, 0.4) is 0 Å². The van der Waals surface area contributed by atoms with Crippen LogP contribution in [0.2, 0.25) is 0 Å². The van der Waals surface area contributed by atoms with Gasteiger partial charge in [0, 0.05) is 27.8 Å². The van der Waals surface area contributed by atoms with E-state index in [-0.39, 0.29) is 11.6 Å². The lowest BCUT2D eigenvalue weighted by Gasteiger charge is -2.23. The van der Waals surface area contributed by atoms with Crippen molar-refractivity contribution in [2.45, 2.75) is 0 Å². The number of hydrogen-bond acceptors (Lipinski definition) is 2. The van der Waals surface area contributed by atoms with Gasteiger partial charge in [0.1, 0.15) is 0 Å². The van der Waals surface area contributed by atoms with Crippen molar-refractivity contribution >= 4 is 17.1 Å². The van der Waals surface area contributed by atoms with Crippen LogP contribution in [0.4, 0.5) is 0 Å². The van der Waals surface area contributed by atoms with E-state index in [9.17, 15) is 9.59 Å². The molecule has 4 aromatic carbocycles. The van der Waals surface area contributed by atoms with Gasteiger partial charge in [-0.1, -0.05) is 109 Å². The van der Waals surface area contributed by atoms with Crippen LogP contribution in [0.25, 0.3) is 5.57 Å². The summed E-state index contributed by atoms with van der Waals surface area (Å²) in [6, 6.07) is 33.6. The Morgan fingerprint density at radius 3 is 1.59 bits per heavy atom. The molecule has 0 saturated heterocycles.